The first-order valence-corrected chi connectivity index (χ1v) is 6.36. The Kier molecular flexibility index (Phi) is 3.97. The molecule has 1 atom stereocenters. The van der Waals surface area contributed by atoms with Gasteiger partial charge in [-0.05, 0) is 30.7 Å². The van der Waals surface area contributed by atoms with Gasteiger partial charge in [-0.3, -0.25) is 4.68 Å². The summed E-state index contributed by atoms with van der Waals surface area (Å²) in [5.74, 6) is 0. The fraction of sp³-hybridized carbons (Fsp3) is 0.250. The van der Waals surface area contributed by atoms with E-state index in [4.69, 9.17) is 34.8 Å². The van der Waals surface area contributed by atoms with E-state index in [2.05, 4.69) is 5.10 Å². The molecule has 0 saturated carbocycles. The summed E-state index contributed by atoms with van der Waals surface area (Å²) >= 11 is 18.0. The zero-order valence-corrected chi connectivity index (χ0v) is 11.5. The minimum Gasteiger partial charge on any atom is -0.268 e. The summed E-state index contributed by atoms with van der Waals surface area (Å²) in [4.78, 5) is 0. The molecule has 0 fully saturated rings. The first-order valence-electron chi connectivity index (χ1n) is 5.16. The smallest absolute Gasteiger partial charge is 0.0674 e. The summed E-state index contributed by atoms with van der Waals surface area (Å²) < 4.78 is 1.80. The minimum absolute atomic E-state index is 0.0430. The number of hydrogen-bond acceptors (Lipinski definition) is 1. The molecule has 2 rings (SSSR count). The summed E-state index contributed by atoms with van der Waals surface area (Å²) in [6, 6.07) is 5.39. The third-order valence-corrected chi connectivity index (χ3v) is 3.31. The monoisotopic (exact) mass is 288 g/mol. The third-order valence-electron chi connectivity index (χ3n) is 2.45. The van der Waals surface area contributed by atoms with Crippen molar-refractivity contribution in [3.63, 3.8) is 0 Å². The number of aromatic nitrogens is 2. The lowest BCUT2D eigenvalue weighted by Crippen LogP contribution is -2.00. The van der Waals surface area contributed by atoms with E-state index >= 15 is 0 Å². The van der Waals surface area contributed by atoms with Crippen LogP contribution in [0, 0.1) is 0 Å². The van der Waals surface area contributed by atoms with Gasteiger partial charge in [0.1, 0.15) is 0 Å². The van der Waals surface area contributed by atoms with E-state index in [1.54, 1.807) is 23.0 Å². The zero-order valence-electron chi connectivity index (χ0n) is 9.20. The SMILES string of the molecule is CC(Cl)c1cnn(Cc2cc(Cl)ccc2Cl)c1. The van der Waals surface area contributed by atoms with Gasteiger partial charge in [0.25, 0.3) is 0 Å². The molecule has 0 radical (unpaired) electrons. The highest BCUT2D eigenvalue weighted by Gasteiger charge is 2.07. The largest absolute Gasteiger partial charge is 0.268 e. The molecule has 0 aliphatic heterocycles. The maximum Gasteiger partial charge on any atom is 0.0674 e. The van der Waals surface area contributed by atoms with E-state index in [-0.39, 0.29) is 5.38 Å². The molecule has 2 nitrogen and oxygen atoms in total. The average Bonchev–Trinajstić information content (AvgIpc) is 2.72. The molecule has 0 saturated heterocycles. The molecule has 1 unspecified atom stereocenters. The van der Waals surface area contributed by atoms with Gasteiger partial charge in [-0.2, -0.15) is 5.10 Å². The quantitative estimate of drug-likeness (QED) is 0.759. The van der Waals surface area contributed by atoms with Gasteiger partial charge in [0.2, 0.25) is 0 Å². The molecular formula is C12H11Cl3N2. The van der Waals surface area contributed by atoms with Gasteiger partial charge < -0.3 is 0 Å². The summed E-state index contributed by atoms with van der Waals surface area (Å²) in [5.41, 5.74) is 1.93. The van der Waals surface area contributed by atoms with E-state index in [9.17, 15) is 0 Å². The lowest BCUT2D eigenvalue weighted by Gasteiger charge is -2.05. The fourth-order valence-electron chi connectivity index (χ4n) is 1.51. The predicted octanol–water partition coefficient (Wildman–Crippen LogP) is 4.54. The number of halogens is 3. The molecule has 0 bridgehead atoms. The van der Waals surface area contributed by atoms with Gasteiger partial charge in [0.15, 0.2) is 0 Å². The molecule has 5 heteroatoms. The minimum atomic E-state index is -0.0430. The van der Waals surface area contributed by atoms with Gasteiger partial charge in [0.05, 0.1) is 18.1 Å². The Balaban J connectivity index is 2.22. The first-order chi connectivity index (χ1) is 8.06. The normalized spacial score (nSPS) is 12.7. The van der Waals surface area contributed by atoms with Crippen molar-refractivity contribution in [3.8, 4) is 0 Å². The second kappa shape index (κ2) is 5.30. The molecular weight excluding hydrogens is 279 g/mol. The lowest BCUT2D eigenvalue weighted by atomic mass is 10.2. The summed E-state index contributed by atoms with van der Waals surface area (Å²) in [5, 5.41) is 5.55. The highest BCUT2D eigenvalue weighted by atomic mass is 35.5. The molecule has 1 heterocycles. The Labute approximate surface area is 115 Å². The number of nitrogens with zero attached hydrogens (tertiary/aromatic N) is 2. The topological polar surface area (TPSA) is 17.8 Å². The lowest BCUT2D eigenvalue weighted by molar-refractivity contribution is 0.686. The molecule has 0 N–H and O–H groups in total. The zero-order chi connectivity index (χ0) is 12.4. The van der Waals surface area contributed by atoms with Gasteiger partial charge in [-0.1, -0.05) is 23.2 Å². The van der Waals surface area contributed by atoms with Gasteiger partial charge in [-0.25, -0.2) is 0 Å². The van der Waals surface area contributed by atoms with Crippen LogP contribution in [0.1, 0.15) is 23.4 Å². The van der Waals surface area contributed by atoms with Crippen LogP contribution in [-0.4, -0.2) is 9.78 Å². The van der Waals surface area contributed by atoms with E-state index in [1.165, 1.54) is 0 Å². The van der Waals surface area contributed by atoms with E-state index in [0.29, 0.717) is 16.6 Å². The van der Waals surface area contributed by atoms with Gasteiger partial charge in [0, 0.05) is 21.8 Å². The van der Waals surface area contributed by atoms with Crippen LogP contribution in [0.4, 0.5) is 0 Å². The standard InChI is InChI=1S/C12H11Cl3N2/c1-8(13)10-5-16-17(7-10)6-9-4-11(14)2-3-12(9)15/h2-5,7-8H,6H2,1H3. The predicted molar refractivity (Wildman–Crippen MR) is 72.1 cm³/mol. The maximum absolute atomic E-state index is 6.09. The Hall–Kier alpha value is -0.700. The summed E-state index contributed by atoms with van der Waals surface area (Å²) in [6.07, 6.45) is 3.67. The summed E-state index contributed by atoms with van der Waals surface area (Å²) in [6.45, 7) is 2.50. The van der Waals surface area contributed by atoms with Crippen LogP contribution >= 0.6 is 34.8 Å². The molecule has 0 aliphatic rings. The Bertz CT molecular complexity index is 520. The maximum atomic E-state index is 6.09. The molecule has 0 aliphatic carbocycles. The van der Waals surface area contributed by atoms with E-state index in [0.717, 1.165) is 11.1 Å². The van der Waals surface area contributed by atoms with Crippen molar-refractivity contribution < 1.29 is 0 Å². The van der Waals surface area contributed by atoms with Crippen LogP contribution < -0.4 is 0 Å². The first kappa shape index (κ1) is 12.7. The number of hydrogen-bond donors (Lipinski definition) is 0. The molecule has 1 aromatic heterocycles. The van der Waals surface area contributed by atoms with E-state index in [1.807, 2.05) is 19.2 Å². The molecule has 0 spiro atoms. The number of rotatable bonds is 3. The van der Waals surface area contributed by atoms with Crippen molar-refractivity contribution in [2.24, 2.45) is 0 Å². The van der Waals surface area contributed by atoms with Crippen molar-refractivity contribution in [2.45, 2.75) is 18.8 Å². The van der Waals surface area contributed by atoms with E-state index < -0.39 is 0 Å². The van der Waals surface area contributed by atoms with Gasteiger partial charge >= 0.3 is 0 Å². The molecule has 1 aromatic carbocycles. The Morgan fingerprint density at radius 3 is 2.76 bits per heavy atom. The second-order valence-corrected chi connectivity index (χ2v) is 5.32. The van der Waals surface area contributed by atoms with Crippen LogP contribution in [0.15, 0.2) is 30.6 Å². The van der Waals surface area contributed by atoms with Crippen molar-refractivity contribution in [2.75, 3.05) is 0 Å². The molecule has 17 heavy (non-hydrogen) atoms. The van der Waals surface area contributed by atoms with Crippen molar-refractivity contribution in [3.05, 3.63) is 51.8 Å². The highest BCUT2D eigenvalue weighted by Crippen LogP contribution is 2.22. The average molecular weight is 290 g/mol. The second-order valence-electron chi connectivity index (χ2n) is 3.82. The van der Waals surface area contributed by atoms with Crippen molar-refractivity contribution in [1.29, 1.82) is 0 Å². The highest BCUT2D eigenvalue weighted by molar-refractivity contribution is 6.33. The van der Waals surface area contributed by atoms with Crippen molar-refractivity contribution >= 4 is 34.8 Å². The molecule has 0 amide bonds. The van der Waals surface area contributed by atoms with Gasteiger partial charge in [-0.15, -0.1) is 11.6 Å². The number of alkyl halides is 1. The number of benzene rings is 1. The van der Waals surface area contributed by atoms with Crippen LogP contribution in [0.5, 0.6) is 0 Å². The Morgan fingerprint density at radius 2 is 2.12 bits per heavy atom. The fourth-order valence-corrected chi connectivity index (χ4v) is 2.00. The van der Waals surface area contributed by atoms with Crippen molar-refractivity contribution in [1.82, 2.24) is 9.78 Å². The molecule has 90 valence electrons. The van der Waals surface area contributed by atoms with Crippen LogP contribution in [-0.2, 0) is 6.54 Å². The summed E-state index contributed by atoms with van der Waals surface area (Å²) in [7, 11) is 0. The van der Waals surface area contributed by atoms with Crippen LogP contribution in [0.3, 0.4) is 0 Å². The third kappa shape index (κ3) is 3.15. The van der Waals surface area contributed by atoms with Crippen LogP contribution in [0.25, 0.3) is 0 Å². The molecule has 2 aromatic rings. The Morgan fingerprint density at radius 1 is 1.35 bits per heavy atom. The van der Waals surface area contributed by atoms with Crippen LogP contribution in [0.2, 0.25) is 10.0 Å².